The molecule has 0 fully saturated rings. The van der Waals surface area contributed by atoms with Gasteiger partial charge in [0.15, 0.2) is 6.61 Å². The van der Waals surface area contributed by atoms with Gasteiger partial charge in [-0.3, -0.25) is 9.59 Å². The highest BCUT2D eigenvalue weighted by molar-refractivity contribution is 5.89. The van der Waals surface area contributed by atoms with E-state index in [9.17, 15) is 9.59 Å². The van der Waals surface area contributed by atoms with Crippen molar-refractivity contribution < 1.29 is 14.3 Å². The molecule has 1 atom stereocenters. The first-order valence-corrected chi connectivity index (χ1v) is 12.0. The highest BCUT2D eigenvalue weighted by atomic mass is 16.5. The lowest BCUT2D eigenvalue weighted by molar-refractivity contribution is -0.143. The van der Waals surface area contributed by atoms with Gasteiger partial charge in [0.2, 0.25) is 5.91 Å². The van der Waals surface area contributed by atoms with E-state index in [1.807, 2.05) is 113 Å². The highest BCUT2D eigenvalue weighted by Gasteiger charge is 2.32. The predicted molar refractivity (Wildman–Crippen MR) is 140 cm³/mol. The third-order valence-corrected chi connectivity index (χ3v) is 5.69. The number of aryl methyl sites for hydroxylation is 2. The Morgan fingerprint density at radius 2 is 1.49 bits per heavy atom. The number of benzene rings is 3. The van der Waals surface area contributed by atoms with Crippen molar-refractivity contribution in [1.82, 2.24) is 10.2 Å². The van der Waals surface area contributed by atoms with Crippen molar-refractivity contribution in [2.24, 2.45) is 0 Å². The number of hydrogen-bond donors (Lipinski definition) is 1. The molecule has 0 spiro atoms. The molecule has 0 saturated carbocycles. The summed E-state index contributed by atoms with van der Waals surface area (Å²) in [6.07, 6.45) is 0.407. The first-order valence-electron chi connectivity index (χ1n) is 12.0. The summed E-state index contributed by atoms with van der Waals surface area (Å²) in [4.78, 5) is 28.8. The number of amides is 2. The Balaban J connectivity index is 1.93. The summed E-state index contributed by atoms with van der Waals surface area (Å²) in [6.45, 7) is 9.96. The molecule has 0 radical (unpaired) electrons. The van der Waals surface area contributed by atoms with Crippen LogP contribution >= 0.6 is 0 Å². The molecule has 5 heteroatoms. The minimum absolute atomic E-state index is 0.148. The fraction of sp³-hybridized carbons (Fsp3) is 0.333. The summed E-state index contributed by atoms with van der Waals surface area (Å²) in [7, 11) is 0. The predicted octanol–water partition coefficient (Wildman–Crippen LogP) is 5.24. The lowest BCUT2D eigenvalue weighted by Gasteiger charge is -2.33. The van der Waals surface area contributed by atoms with Crippen LogP contribution in [-0.2, 0) is 22.6 Å². The van der Waals surface area contributed by atoms with Gasteiger partial charge in [-0.15, -0.1) is 0 Å². The van der Waals surface area contributed by atoms with Crippen molar-refractivity contribution in [1.29, 1.82) is 0 Å². The lowest BCUT2D eigenvalue weighted by atomic mass is 10.0. The van der Waals surface area contributed by atoms with Gasteiger partial charge in [0.1, 0.15) is 11.8 Å². The maximum Gasteiger partial charge on any atom is 0.261 e. The van der Waals surface area contributed by atoms with E-state index in [0.717, 1.165) is 22.3 Å². The first kappa shape index (κ1) is 26.0. The Labute approximate surface area is 209 Å². The molecule has 2 amide bonds. The van der Waals surface area contributed by atoms with Crippen LogP contribution in [0, 0.1) is 13.8 Å². The molecule has 0 aliphatic rings. The quantitative estimate of drug-likeness (QED) is 0.464. The summed E-state index contributed by atoms with van der Waals surface area (Å²) < 4.78 is 5.89. The standard InChI is InChI=1S/C30H36N2O3/c1-22-15-17-25(18-16-22)20-32(28(33)21-35-27-14-10-9-11-23(27)2)26(29(34)31-30(3,4)5)19-24-12-7-6-8-13-24/h6-18,26H,19-21H2,1-5H3,(H,31,34)/t26-/m0/s1. The molecule has 35 heavy (non-hydrogen) atoms. The van der Waals surface area contributed by atoms with Gasteiger partial charge in [-0.25, -0.2) is 0 Å². The molecule has 0 unspecified atom stereocenters. The Morgan fingerprint density at radius 3 is 2.11 bits per heavy atom. The largest absolute Gasteiger partial charge is 0.484 e. The minimum atomic E-state index is -0.689. The van der Waals surface area contributed by atoms with E-state index in [2.05, 4.69) is 5.32 Å². The summed E-state index contributed by atoms with van der Waals surface area (Å²) in [5.74, 6) is 0.242. The van der Waals surface area contributed by atoms with E-state index in [0.29, 0.717) is 18.7 Å². The number of para-hydroxylation sites is 1. The molecule has 1 N–H and O–H groups in total. The van der Waals surface area contributed by atoms with Crippen molar-refractivity contribution >= 4 is 11.8 Å². The second-order valence-electron chi connectivity index (χ2n) is 10.0. The van der Waals surface area contributed by atoms with E-state index >= 15 is 0 Å². The summed E-state index contributed by atoms with van der Waals surface area (Å²) in [5.41, 5.74) is 3.62. The highest BCUT2D eigenvalue weighted by Crippen LogP contribution is 2.19. The van der Waals surface area contributed by atoms with E-state index in [1.54, 1.807) is 4.90 Å². The number of nitrogens with zero attached hydrogens (tertiary/aromatic N) is 1. The Morgan fingerprint density at radius 1 is 0.857 bits per heavy atom. The van der Waals surface area contributed by atoms with Crippen molar-refractivity contribution in [3.63, 3.8) is 0 Å². The van der Waals surface area contributed by atoms with Crippen LogP contribution in [-0.4, -0.2) is 34.9 Å². The SMILES string of the molecule is Cc1ccc(CN(C(=O)COc2ccccc2C)[C@@H](Cc2ccccc2)C(=O)NC(C)(C)C)cc1. The van der Waals surface area contributed by atoms with Crippen LogP contribution in [0.4, 0.5) is 0 Å². The number of hydrogen-bond acceptors (Lipinski definition) is 3. The van der Waals surface area contributed by atoms with Crippen molar-refractivity contribution in [2.45, 2.75) is 59.2 Å². The zero-order valence-corrected chi connectivity index (χ0v) is 21.4. The topological polar surface area (TPSA) is 58.6 Å². The van der Waals surface area contributed by atoms with Crippen LogP contribution in [0.3, 0.4) is 0 Å². The lowest BCUT2D eigenvalue weighted by Crippen LogP contribution is -2.55. The van der Waals surface area contributed by atoms with Gasteiger partial charge in [0, 0.05) is 18.5 Å². The van der Waals surface area contributed by atoms with E-state index < -0.39 is 11.6 Å². The molecule has 0 saturated heterocycles. The Hall–Kier alpha value is -3.60. The smallest absolute Gasteiger partial charge is 0.261 e. The molecule has 0 aliphatic carbocycles. The molecule has 0 aromatic heterocycles. The molecule has 5 nitrogen and oxygen atoms in total. The van der Waals surface area contributed by atoms with Crippen LogP contribution in [0.5, 0.6) is 5.75 Å². The van der Waals surface area contributed by atoms with Crippen LogP contribution in [0.15, 0.2) is 78.9 Å². The van der Waals surface area contributed by atoms with Gasteiger partial charge in [-0.2, -0.15) is 0 Å². The first-order chi connectivity index (χ1) is 16.6. The maximum absolute atomic E-state index is 13.6. The Kier molecular flexibility index (Phi) is 8.69. The van der Waals surface area contributed by atoms with Crippen LogP contribution < -0.4 is 10.1 Å². The molecular weight excluding hydrogens is 436 g/mol. The second kappa shape index (κ2) is 11.7. The zero-order valence-electron chi connectivity index (χ0n) is 21.4. The average molecular weight is 473 g/mol. The van der Waals surface area contributed by atoms with Crippen molar-refractivity contribution in [2.75, 3.05) is 6.61 Å². The normalized spacial score (nSPS) is 12.0. The molecule has 3 aromatic carbocycles. The van der Waals surface area contributed by atoms with E-state index in [1.165, 1.54) is 0 Å². The summed E-state index contributed by atoms with van der Waals surface area (Å²) in [5, 5.41) is 3.08. The van der Waals surface area contributed by atoms with Crippen LogP contribution in [0.25, 0.3) is 0 Å². The second-order valence-corrected chi connectivity index (χ2v) is 10.0. The Bertz CT molecular complexity index is 1120. The van der Waals surface area contributed by atoms with Crippen LogP contribution in [0.2, 0.25) is 0 Å². The molecule has 3 aromatic rings. The molecule has 0 aliphatic heterocycles. The fourth-order valence-corrected chi connectivity index (χ4v) is 3.84. The third kappa shape index (κ3) is 7.99. The van der Waals surface area contributed by atoms with Crippen molar-refractivity contribution in [3.8, 4) is 5.75 Å². The zero-order chi connectivity index (χ0) is 25.4. The number of rotatable bonds is 9. The molecule has 184 valence electrons. The van der Waals surface area contributed by atoms with E-state index in [4.69, 9.17) is 4.74 Å². The van der Waals surface area contributed by atoms with Gasteiger partial charge in [0.25, 0.3) is 5.91 Å². The minimum Gasteiger partial charge on any atom is -0.484 e. The van der Waals surface area contributed by atoms with E-state index in [-0.39, 0.29) is 18.4 Å². The number of ether oxygens (including phenoxy) is 1. The van der Waals surface area contributed by atoms with Gasteiger partial charge < -0.3 is 15.0 Å². The van der Waals surface area contributed by atoms with Gasteiger partial charge in [0.05, 0.1) is 0 Å². The summed E-state index contributed by atoms with van der Waals surface area (Å²) >= 11 is 0. The summed E-state index contributed by atoms with van der Waals surface area (Å²) in [6, 6.07) is 24.7. The maximum atomic E-state index is 13.6. The molecule has 0 bridgehead atoms. The number of nitrogens with one attached hydrogen (secondary N) is 1. The van der Waals surface area contributed by atoms with Gasteiger partial charge in [-0.05, 0) is 57.4 Å². The molecule has 0 heterocycles. The van der Waals surface area contributed by atoms with Crippen molar-refractivity contribution in [3.05, 3.63) is 101 Å². The average Bonchev–Trinajstić information content (AvgIpc) is 2.81. The fourth-order valence-electron chi connectivity index (χ4n) is 3.84. The van der Waals surface area contributed by atoms with Gasteiger partial charge in [-0.1, -0.05) is 78.4 Å². The third-order valence-electron chi connectivity index (χ3n) is 5.69. The molecular formula is C30H36N2O3. The molecule has 3 rings (SSSR count). The number of carbonyl (C=O) groups is 2. The van der Waals surface area contributed by atoms with Gasteiger partial charge >= 0.3 is 0 Å². The monoisotopic (exact) mass is 472 g/mol. The van der Waals surface area contributed by atoms with Crippen LogP contribution in [0.1, 0.15) is 43.0 Å². The number of carbonyl (C=O) groups excluding carboxylic acids is 2.